The van der Waals surface area contributed by atoms with Crippen molar-refractivity contribution in [2.24, 2.45) is 5.92 Å². The van der Waals surface area contributed by atoms with Gasteiger partial charge in [-0.3, -0.25) is 4.79 Å². The van der Waals surface area contributed by atoms with Crippen molar-refractivity contribution in [1.29, 1.82) is 0 Å². The van der Waals surface area contributed by atoms with Crippen molar-refractivity contribution in [3.63, 3.8) is 0 Å². The summed E-state index contributed by atoms with van der Waals surface area (Å²) >= 11 is 0. The van der Waals surface area contributed by atoms with Crippen LogP contribution in [0, 0.1) is 5.92 Å². The molecule has 0 aromatic heterocycles. The molecule has 0 spiro atoms. The third-order valence-corrected chi connectivity index (χ3v) is 1.93. The first-order valence-corrected chi connectivity index (χ1v) is 2.78. The van der Waals surface area contributed by atoms with Crippen LogP contribution in [0.1, 0.15) is 6.42 Å². The van der Waals surface area contributed by atoms with Crippen LogP contribution in [0.25, 0.3) is 0 Å². The summed E-state index contributed by atoms with van der Waals surface area (Å²) in [6, 6.07) is 0.357. The fraction of sp³-hybridized carbons (Fsp3) is 0.800. The molecule has 2 fully saturated rings. The van der Waals surface area contributed by atoms with Crippen molar-refractivity contribution in [2.45, 2.75) is 18.5 Å². The van der Waals surface area contributed by atoms with Crippen LogP contribution in [0.2, 0.25) is 0 Å². The summed E-state index contributed by atoms with van der Waals surface area (Å²) in [5.74, 6) is -0.212. The van der Waals surface area contributed by atoms with E-state index in [0.717, 1.165) is 6.42 Å². The molecule has 1 saturated heterocycles. The molecule has 1 aliphatic carbocycles. The molecule has 1 heterocycles. The van der Waals surface area contributed by atoms with Crippen LogP contribution in [-0.2, 0) is 4.79 Å². The van der Waals surface area contributed by atoms with Gasteiger partial charge < -0.3 is 10.4 Å². The normalized spacial score (nSPS) is 49.2. The molecule has 3 heteroatoms. The van der Waals surface area contributed by atoms with Gasteiger partial charge in [0.25, 0.3) is 0 Å². The Hall–Kier alpha value is -0.570. The quantitative estimate of drug-likeness (QED) is 0.479. The van der Waals surface area contributed by atoms with Gasteiger partial charge in [0, 0.05) is 12.0 Å². The third-order valence-electron chi connectivity index (χ3n) is 1.93. The van der Waals surface area contributed by atoms with E-state index >= 15 is 0 Å². The van der Waals surface area contributed by atoms with Crippen LogP contribution in [0.4, 0.5) is 0 Å². The van der Waals surface area contributed by atoms with E-state index in [9.17, 15) is 4.79 Å². The van der Waals surface area contributed by atoms with Gasteiger partial charge in [0.1, 0.15) is 6.04 Å². The molecule has 0 bridgehead atoms. The van der Waals surface area contributed by atoms with E-state index in [-0.39, 0.29) is 6.04 Å². The van der Waals surface area contributed by atoms with Gasteiger partial charge in [-0.1, -0.05) is 0 Å². The van der Waals surface area contributed by atoms with Gasteiger partial charge in [0.15, 0.2) is 0 Å². The minimum atomic E-state index is -0.691. The summed E-state index contributed by atoms with van der Waals surface area (Å²) in [4.78, 5) is 10.2. The molecule has 1 aliphatic heterocycles. The van der Waals surface area contributed by atoms with E-state index in [4.69, 9.17) is 5.11 Å². The molecule has 2 rings (SSSR count). The van der Waals surface area contributed by atoms with Gasteiger partial charge in [-0.15, -0.1) is 0 Å². The molecule has 1 saturated carbocycles. The number of nitrogens with one attached hydrogen (secondary N) is 1. The largest absolute Gasteiger partial charge is 0.480 e. The van der Waals surface area contributed by atoms with Crippen molar-refractivity contribution >= 4 is 5.97 Å². The molecule has 3 atom stereocenters. The number of rotatable bonds is 1. The number of fused-ring (bicyclic) bond motifs is 1. The van der Waals surface area contributed by atoms with E-state index in [1.54, 1.807) is 0 Å². The lowest BCUT2D eigenvalue weighted by Crippen LogP contribution is -2.50. The maximum absolute atomic E-state index is 10.2. The lowest BCUT2D eigenvalue weighted by molar-refractivity contribution is -0.141. The Morgan fingerprint density at radius 1 is 1.75 bits per heavy atom. The number of hydrogen-bond donors (Lipinski definition) is 2. The lowest BCUT2D eigenvalue weighted by Gasteiger charge is -2.21. The Balaban J connectivity index is 2.01. The maximum atomic E-state index is 10.2. The Bertz CT molecular complexity index is 145. The number of carbonyl (C=O) groups is 1. The Labute approximate surface area is 46.7 Å². The second-order valence-electron chi connectivity index (χ2n) is 2.49. The Kier molecular flexibility index (Phi) is 0.568. The maximum Gasteiger partial charge on any atom is 0.321 e. The van der Waals surface area contributed by atoms with Crippen LogP contribution in [0.5, 0.6) is 0 Å². The van der Waals surface area contributed by atoms with Gasteiger partial charge in [0.2, 0.25) is 0 Å². The van der Waals surface area contributed by atoms with Crippen LogP contribution < -0.4 is 5.32 Å². The average Bonchev–Trinajstić information content (AvgIpc) is 2.13. The highest BCUT2D eigenvalue weighted by molar-refractivity contribution is 5.76. The monoisotopic (exact) mass is 113 g/mol. The fourth-order valence-electron chi connectivity index (χ4n) is 1.26. The van der Waals surface area contributed by atoms with E-state index in [0.29, 0.717) is 12.0 Å². The highest BCUT2D eigenvalue weighted by Crippen LogP contribution is 2.42. The molecule has 0 radical (unpaired) electrons. The van der Waals surface area contributed by atoms with Crippen LogP contribution in [0.15, 0.2) is 0 Å². The molecule has 44 valence electrons. The first kappa shape index (κ1) is 4.32. The van der Waals surface area contributed by atoms with E-state index in [1.807, 2.05) is 0 Å². The van der Waals surface area contributed by atoms with E-state index in [1.165, 1.54) is 0 Å². The van der Waals surface area contributed by atoms with Crippen molar-refractivity contribution < 1.29 is 9.90 Å². The van der Waals surface area contributed by atoms with Crippen LogP contribution >= 0.6 is 0 Å². The predicted molar refractivity (Wildman–Crippen MR) is 26.5 cm³/mol. The smallest absolute Gasteiger partial charge is 0.321 e. The van der Waals surface area contributed by atoms with Crippen LogP contribution in [0.3, 0.4) is 0 Å². The summed E-state index contributed by atoms with van der Waals surface area (Å²) in [6.45, 7) is 0. The summed E-state index contributed by atoms with van der Waals surface area (Å²) in [7, 11) is 0. The Morgan fingerprint density at radius 3 is 2.62 bits per heavy atom. The first-order valence-electron chi connectivity index (χ1n) is 2.78. The average molecular weight is 113 g/mol. The number of aliphatic carboxylic acids is 1. The van der Waals surface area contributed by atoms with Crippen molar-refractivity contribution in [1.82, 2.24) is 5.32 Å². The van der Waals surface area contributed by atoms with Gasteiger partial charge in [-0.05, 0) is 6.42 Å². The minimum absolute atomic E-state index is 0.208. The molecule has 0 aromatic carbocycles. The first-order chi connectivity index (χ1) is 3.79. The van der Waals surface area contributed by atoms with E-state index in [2.05, 4.69) is 5.32 Å². The summed E-state index contributed by atoms with van der Waals surface area (Å²) in [5.41, 5.74) is 0. The highest BCUT2D eigenvalue weighted by Gasteiger charge is 2.56. The minimum Gasteiger partial charge on any atom is -0.480 e. The SMILES string of the molecule is O=C(O)[C@H]1NC2CC21. The third kappa shape index (κ3) is 0.351. The molecule has 2 unspecified atom stereocenters. The molecular weight excluding hydrogens is 106 g/mol. The van der Waals surface area contributed by atoms with Gasteiger partial charge in [-0.2, -0.15) is 0 Å². The molecule has 0 amide bonds. The number of carboxylic acids is 1. The molecular formula is C5H7NO2. The van der Waals surface area contributed by atoms with Gasteiger partial charge in [-0.25, -0.2) is 0 Å². The van der Waals surface area contributed by atoms with Crippen molar-refractivity contribution in [3.05, 3.63) is 0 Å². The van der Waals surface area contributed by atoms with E-state index < -0.39 is 5.97 Å². The zero-order chi connectivity index (χ0) is 5.72. The number of carboxylic acid groups (broad SMARTS) is 1. The fourth-order valence-corrected chi connectivity index (χ4v) is 1.26. The zero-order valence-corrected chi connectivity index (χ0v) is 4.29. The second-order valence-corrected chi connectivity index (χ2v) is 2.49. The van der Waals surface area contributed by atoms with Gasteiger partial charge in [0.05, 0.1) is 0 Å². The topological polar surface area (TPSA) is 49.3 Å². The molecule has 2 aliphatic rings. The van der Waals surface area contributed by atoms with Crippen LogP contribution in [-0.4, -0.2) is 23.2 Å². The standard InChI is InChI=1S/C5H7NO2/c7-5(8)4-2-1-3(2)6-4/h2-4,6H,1H2,(H,7,8)/t2?,3?,4-/m0/s1. The molecule has 8 heavy (non-hydrogen) atoms. The molecule has 3 nitrogen and oxygen atoms in total. The highest BCUT2D eigenvalue weighted by atomic mass is 16.4. The van der Waals surface area contributed by atoms with Crippen molar-refractivity contribution in [3.8, 4) is 0 Å². The van der Waals surface area contributed by atoms with Gasteiger partial charge >= 0.3 is 5.97 Å². The predicted octanol–water partition coefficient (Wildman–Crippen LogP) is -0.569. The number of hydrogen-bond acceptors (Lipinski definition) is 2. The Morgan fingerprint density at radius 2 is 2.50 bits per heavy atom. The van der Waals surface area contributed by atoms with Crippen molar-refractivity contribution in [2.75, 3.05) is 0 Å². The zero-order valence-electron chi connectivity index (χ0n) is 4.29. The summed E-state index contributed by atoms with van der Waals surface area (Å²) in [5, 5.41) is 11.3. The lowest BCUT2D eigenvalue weighted by atomic mass is 10.1. The molecule has 0 aromatic rings. The molecule has 2 N–H and O–H groups in total. The second kappa shape index (κ2) is 1.05. The summed E-state index contributed by atoms with van der Waals surface area (Å²) in [6.07, 6.45) is 1.08. The summed E-state index contributed by atoms with van der Waals surface area (Å²) < 4.78 is 0.